The molecule has 142 valence electrons. The Morgan fingerprint density at radius 3 is 2.60 bits per heavy atom. The number of rotatable bonds is 5. The van der Waals surface area contributed by atoms with Crippen molar-refractivity contribution in [2.45, 2.75) is 26.7 Å². The van der Waals surface area contributed by atoms with Gasteiger partial charge in [-0.3, -0.25) is 4.79 Å². The maximum absolute atomic E-state index is 11.9. The quantitative estimate of drug-likeness (QED) is 0.402. The third-order valence-corrected chi connectivity index (χ3v) is 5.20. The molecule has 2 unspecified atom stereocenters. The average molecular weight is 478 g/mol. The molecule has 0 spiro atoms. The summed E-state index contributed by atoms with van der Waals surface area (Å²) in [4.78, 5) is 21.8. The van der Waals surface area contributed by atoms with Crippen LogP contribution in [-0.2, 0) is 11.2 Å². The van der Waals surface area contributed by atoms with Gasteiger partial charge in [0.2, 0.25) is 5.91 Å². The van der Waals surface area contributed by atoms with Crippen LogP contribution < -0.4 is 5.32 Å². The minimum absolute atomic E-state index is 0. The van der Waals surface area contributed by atoms with Crippen LogP contribution in [-0.4, -0.2) is 61.9 Å². The number of nitrogens with one attached hydrogen (secondary N) is 1. The Morgan fingerprint density at radius 1 is 1.36 bits per heavy atom. The standard InChI is InChI=1S/C18H30N4OS.HI/c1-14-10-15(2)13-22(12-14)18(20-11-17(23)21(3)4)19-8-7-16-6-5-9-24-16;/h5-6,9,14-15H,7-8,10-13H2,1-4H3,(H,19,20);1H. The van der Waals surface area contributed by atoms with Crippen LogP contribution in [0.4, 0.5) is 0 Å². The largest absolute Gasteiger partial charge is 0.356 e. The van der Waals surface area contributed by atoms with E-state index in [0.717, 1.165) is 32.0 Å². The molecule has 0 bridgehead atoms. The van der Waals surface area contributed by atoms with Gasteiger partial charge in [-0.05, 0) is 36.1 Å². The third kappa shape index (κ3) is 7.52. The van der Waals surface area contributed by atoms with E-state index in [1.807, 2.05) is 0 Å². The summed E-state index contributed by atoms with van der Waals surface area (Å²) < 4.78 is 0. The summed E-state index contributed by atoms with van der Waals surface area (Å²) in [7, 11) is 3.54. The highest BCUT2D eigenvalue weighted by Gasteiger charge is 2.24. The highest BCUT2D eigenvalue weighted by Crippen LogP contribution is 2.21. The van der Waals surface area contributed by atoms with Gasteiger partial charge in [-0.1, -0.05) is 19.9 Å². The molecule has 0 aliphatic carbocycles. The lowest BCUT2D eigenvalue weighted by molar-refractivity contribution is -0.127. The van der Waals surface area contributed by atoms with Gasteiger partial charge in [-0.15, -0.1) is 35.3 Å². The predicted octanol–water partition coefficient (Wildman–Crippen LogP) is 2.92. The second kappa shape index (κ2) is 11.0. The highest BCUT2D eigenvalue weighted by atomic mass is 127. The molecular formula is C18H31IN4OS. The first-order valence-corrected chi connectivity index (χ1v) is 9.59. The number of aliphatic imine (C=N–C) groups is 1. The van der Waals surface area contributed by atoms with Crippen molar-refractivity contribution < 1.29 is 4.79 Å². The van der Waals surface area contributed by atoms with Crippen LogP contribution in [0.25, 0.3) is 0 Å². The van der Waals surface area contributed by atoms with Crippen LogP contribution in [0.1, 0.15) is 25.1 Å². The van der Waals surface area contributed by atoms with E-state index >= 15 is 0 Å². The van der Waals surface area contributed by atoms with E-state index in [1.165, 1.54) is 11.3 Å². The molecular weight excluding hydrogens is 447 g/mol. The zero-order chi connectivity index (χ0) is 17.5. The smallest absolute Gasteiger partial charge is 0.243 e. The number of hydrogen-bond donors (Lipinski definition) is 1. The number of halogens is 1. The minimum atomic E-state index is 0. The van der Waals surface area contributed by atoms with Crippen LogP contribution in [0.3, 0.4) is 0 Å². The fourth-order valence-electron chi connectivity index (χ4n) is 3.14. The molecule has 0 aromatic carbocycles. The SMILES string of the molecule is CC1CC(C)CN(C(=NCC(=O)N(C)C)NCCc2cccs2)C1.I. The van der Waals surface area contributed by atoms with Gasteiger partial charge in [0.05, 0.1) is 0 Å². The normalized spacial score (nSPS) is 20.8. The second-order valence-electron chi connectivity index (χ2n) is 7.04. The number of likely N-dealkylation sites (N-methyl/N-ethyl adjacent to an activating group) is 1. The highest BCUT2D eigenvalue weighted by molar-refractivity contribution is 14.0. The fraction of sp³-hybridized carbons (Fsp3) is 0.667. The van der Waals surface area contributed by atoms with Crippen molar-refractivity contribution in [2.24, 2.45) is 16.8 Å². The van der Waals surface area contributed by atoms with Crippen molar-refractivity contribution in [1.82, 2.24) is 15.1 Å². The molecule has 2 heterocycles. The van der Waals surface area contributed by atoms with E-state index in [1.54, 1.807) is 30.3 Å². The summed E-state index contributed by atoms with van der Waals surface area (Å²) in [5.74, 6) is 2.22. The van der Waals surface area contributed by atoms with Gasteiger partial charge in [0, 0.05) is 38.6 Å². The third-order valence-electron chi connectivity index (χ3n) is 4.27. The van der Waals surface area contributed by atoms with E-state index in [-0.39, 0.29) is 36.4 Å². The molecule has 25 heavy (non-hydrogen) atoms. The number of carbonyl (C=O) groups is 1. The topological polar surface area (TPSA) is 47.9 Å². The van der Waals surface area contributed by atoms with E-state index in [9.17, 15) is 4.79 Å². The lowest BCUT2D eigenvalue weighted by atomic mass is 9.92. The Bertz CT molecular complexity index is 537. The average Bonchev–Trinajstić information content (AvgIpc) is 3.02. The summed E-state index contributed by atoms with van der Waals surface area (Å²) in [5.41, 5.74) is 0. The zero-order valence-corrected chi connectivity index (χ0v) is 18.8. The second-order valence-corrected chi connectivity index (χ2v) is 8.07. The van der Waals surface area contributed by atoms with E-state index < -0.39 is 0 Å². The Labute approximate surface area is 172 Å². The van der Waals surface area contributed by atoms with Gasteiger partial charge in [0.25, 0.3) is 0 Å². The van der Waals surface area contributed by atoms with Gasteiger partial charge in [-0.2, -0.15) is 0 Å². The molecule has 0 radical (unpaired) electrons. The summed E-state index contributed by atoms with van der Waals surface area (Å²) >= 11 is 1.78. The monoisotopic (exact) mass is 478 g/mol. The lowest BCUT2D eigenvalue weighted by Crippen LogP contribution is -2.49. The van der Waals surface area contributed by atoms with Crippen LogP contribution >= 0.6 is 35.3 Å². The maximum Gasteiger partial charge on any atom is 0.243 e. The van der Waals surface area contributed by atoms with Gasteiger partial charge in [0.15, 0.2) is 5.96 Å². The molecule has 1 aromatic heterocycles. The molecule has 1 amide bonds. The molecule has 2 atom stereocenters. The van der Waals surface area contributed by atoms with Crippen LogP contribution in [0.5, 0.6) is 0 Å². The number of thiophene rings is 1. The number of nitrogens with zero attached hydrogens (tertiary/aromatic N) is 3. The Hall–Kier alpha value is -0.830. The number of guanidine groups is 1. The molecule has 1 N–H and O–H groups in total. The Morgan fingerprint density at radius 2 is 2.04 bits per heavy atom. The summed E-state index contributed by atoms with van der Waals surface area (Å²) in [6.45, 7) is 7.63. The van der Waals surface area contributed by atoms with Crippen molar-refractivity contribution in [1.29, 1.82) is 0 Å². The maximum atomic E-state index is 11.9. The zero-order valence-electron chi connectivity index (χ0n) is 15.7. The first-order valence-electron chi connectivity index (χ1n) is 8.71. The first-order chi connectivity index (χ1) is 11.5. The Kier molecular flexibility index (Phi) is 9.78. The van der Waals surface area contributed by atoms with Crippen LogP contribution in [0, 0.1) is 11.8 Å². The van der Waals surface area contributed by atoms with Crippen molar-refractivity contribution in [3.8, 4) is 0 Å². The van der Waals surface area contributed by atoms with Gasteiger partial charge in [0.1, 0.15) is 6.54 Å². The number of hydrogen-bond acceptors (Lipinski definition) is 3. The van der Waals surface area contributed by atoms with E-state index in [2.05, 4.69) is 46.6 Å². The molecule has 0 saturated carbocycles. The van der Waals surface area contributed by atoms with Crippen molar-refractivity contribution in [3.63, 3.8) is 0 Å². The van der Waals surface area contributed by atoms with Crippen molar-refractivity contribution >= 4 is 47.2 Å². The Balaban J connectivity index is 0.00000312. The number of piperidine rings is 1. The molecule has 1 aliphatic rings. The first kappa shape index (κ1) is 22.2. The molecule has 1 fully saturated rings. The lowest BCUT2D eigenvalue weighted by Gasteiger charge is -2.37. The summed E-state index contributed by atoms with van der Waals surface area (Å²) in [5, 5.41) is 5.58. The van der Waals surface area contributed by atoms with E-state index in [4.69, 9.17) is 0 Å². The minimum Gasteiger partial charge on any atom is -0.356 e. The number of likely N-dealkylation sites (tertiary alicyclic amines) is 1. The van der Waals surface area contributed by atoms with Gasteiger partial charge >= 0.3 is 0 Å². The number of amides is 1. The summed E-state index contributed by atoms with van der Waals surface area (Å²) in [6, 6.07) is 4.24. The molecule has 5 nitrogen and oxygen atoms in total. The predicted molar refractivity (Wildman–Crippen MR) is 117 cm³/mol. The van der Waals surface area contributed by atoms with Crippen LogP contribution in [0.15, 0.2) is 22.5 Å². The summed E-state index contributed by atoms with van der Waals surface area (Å²) in [6.07, 6.45) is 2.24. The molecule has 2 rings (SSSR count). The molecule has 1 saturated heterocycles. The number of carbonyl (C=O) groups excluding carboxylic acids is 1. The fourth-order valence-corrected chi connectivity index (χ4v) is 3.85. The van der Waals surface area contributed by atoms with Crippen LogP contribution in [0.2, 0.25) is 0 Å². The van der Waals surface area contributed by atoms with E-state index in [0.29, 0.717) is 11.8 Å². The van der Waals surface area contributed by atoms with Gasteiger partial charge < -0.3 is 15.1 Å². The molecule has 7 heteroatoms. The molecule has 1 aliphatic heterocycles. The van der Waals surface area contributed by atoms with Gasteiger partial charge in [-0.25, -0.2) is 4.99 Å². The van der Waals surface area contributed by atoms with Crippen molar-refractivity contribution in [2.75, 3.05) is 40.3 Å². The van der Waals surface area contributed by atoms with Crippen molar-refractivity contribution in [3.05, 3.63) is 22.4 Å². The molecule has 1 aromatic rings.